The van der Waals surface area contributed by atoms with E-state index in [0.717, 1.165) is 0 Å². The second kappa shape index (κ2) is 3.83. The summed E-state index contributed by atoms with van der Waals surface area (Å²) in [6.45, 7) is 0. The van der Waals surface area contributed by atoms with E-state index >= 15 is 0 Å². The minimum atomic E-state index is -0.187. The molecule has 8 heteroatoms. The summed E-state index contributed by atoms with van der Waals surface area (Å²) in [5, 5.41) is 20.7. The predicted octanol–water partition coefficient (Wildman–Crippen LogP) is 0.931. The van der Waals surface area contributed by atoms with Crippen molar-refractivity contribution in [3.63, 3.8) is 0 Å². The molecule has 0 unspecified atom stereocenters. The van der Waals surface area contributed by atoms with E-state index in [1.54, 1.807) is 12.1 Å². The molecular weight excluding hydrogens is 196 g/mol. The molecule has 8 nitrogen and oxygen atoms in total. The fourth-order valence-electron chi connectivity index (χ4n) is 0.974. The van der Waals surface area contributed by atoms with Gasteiger partial charge in [0, 0.05) is 4.91 Å². The monoisotopic (exact) mass is 200 g/mol. The summed E-state index contributed by atoms with van der Waals surface area (Å²) >= 11 is 0. The van der Waals surface area contributed by atoms with Crippen molar-refractivity contribution in [3.05, 3.63) is 21.6 Å². The standard InChI is InChI=1S/C7H4N8/c8-1-3-5(14-15-12)4(2-9)7(11)13-6(3)10/h(H4,10,11,13). The molecule has 1 heterocycles. The second-order valence-corrected chi connectivity index (χ2v) is 2.39. The zero-order valence-electron chi connectivity index (χ0n) is 7.34. The van der Waals surface area contributed by atoms with Gasteiger partial charge in [0.2, 0.25) is 0 Å². The third-order valence-corrected chi connectivity index (χ3v) is 1.60. The van der Waals surface area contributed by atoms with Gasteiger partial charge in [-0.05, 0) is 5.53 Å². The highest BCUT2D eigenvalue weighted by atomic mass is 15.1. The van der Waals surface area contributed by atoms with Crippen LogP contribution in [-0.4, -0.2) is 4.98 Å². The third kappa shape index (κ3) is 1.56. The molecule has 0 bridgehead atoms. The summed E-state index contributed by atoms with van der Waals surface area (Å²) in [6, 6.07) is 3.38. The van der Waals surface area contributed by atoms with Gasteiger partial charge >= 0.3 is 0 Å². The van der Waals surface area contributed by atoms with Crippen LogP contribution in [0.3, 0.4) is 0 Å². The minimum Gasteiger partial charge on any atom is -0.383 e. The van der Waals surface area contributed by atoms with Gasteiger partial charge in [0.05, 0.1) is 5.69 Å². The molecular formula is C7H4N8. The molecule has 0 aliphatic rings. The Hall–Kier alpha value is -2.96. The first-order chi connectivity index (χ1) is 7.15. The average Bonchev–Trinajstić information content (AvgIpc) is 2.18. The molecule has 72 valence electrons. The minimum absolute atomic E-state index is 0.154. The molecule has 0 radical (unpaired) electrons. The summed E-state index contributed by atoms with van der Waals surface area (Å²) in [4.78, 5) is 6.07. The molecule has 0 aromatic carbocycles. The molecule has 15 heavy (non-hydrogen) atoms. The largest absolute Gasteiger partial charge is 0.383 e. The SMILES string of the molecule is N#Cc1c(N)nc(N)c(C#N)c1N=[N+]=[N-]. The fraction of sp³-hybridized carbons (Fsp3) is 0. The lowest BCUT2D eigenvalue weighted by molar-refractivity contribution is 1.27. The van der Waals surface area contributed by atoms with Gasteiger partial charge in [0.25, 0.3) is 0 Å². The maximum atomic E-state index is 8.73. The first-order valence-electron chi connectivity index (χ1n) is 3.60. The van der Waals surface area contributed by atoms with Crippen LogP contribution in [0.1, 0.15) is 11.1 Å². The molecule has 0 aliphatic heterocycles. The van der Waals surface area contributed by atoms with E-state index < -0.39 is 0 Å². The van der Waals surface area contributed by atoms with Gasteiger partial charge in [-0.1, -0.05) is 5.11 Å². The van der Waals surface area contributed by atoms with E-state index in [0.29, 0.717) is 0 Å². The summed E-state index contributed by atoms with van der Waals surface area (Å²) in [5.74, 6) is -0.340. The van der Waals surface area contributed by atoms with E-state index in [2.05, 4.69) is 15.0 Å². The van der Waals surface area contributed by atoms with Crippen LogP contribution in [0.5, 0.6) is 0 Å². The second-order valence-electron chi connectivity index (χ2n) is 2.39. The average molecular weight is 200 g/mol. The van der Waals surface area contributed by atoms with Crippen LogP contribution in [0.25, 0.3) is 10.4 Å². The Kier molecular flexibility index (Phi) is 2.59. The van der Waals surface area contributed by atoms with Crippen LogP contribution >= 0.6 is 0 Å². The first kappa shape index (κ1) is 10.1. The van der Waals surface area contributed by atoms with Crippen molar-refractivity contribution in [2.24, 2.45) is 5.11 Å². The lowest BCUT2D eigenvalue weighted by atomic mass is 10.1. The van der Waals surface area contributed by atoms with Crippen molar-refractivity contribution in [2.45, 2.75) is 0 Å². The van der Waals surface area contributed by atoms with E-state index in [1.807, 2.05) is 0 Å². The third-order valence-electron chi connectivity index (χ3n) is 1.60. The van der Waals surface area contributed by atoms with Crippen LogP contribution in [-0.2, 0) is 0 Å². The van der Waals surface area contributed by atoms with Gasteiger partial charge in [-0.25, -0.2) is 4.98 Å². The van der Waals surface area contributed by atoms with Crippen LogP contribution in [0, 0.1) is 22.7 Å². The summed E-state index contributed by atoms with van der Waals surface area (Å²) in [6.07, 6.45) is 0. The molecule has 0 saturated carbocycles. The highest BCUT2D eigenvalue weighted by molar-refractivity contribution is 5.75. The Morgan fingerprint density at radius 2 is 1.67 bits per heavy atom. The number of nitrogens with zero attached hydrogens (tertiary/aromatic N) is 6. The molecule has 4 N–H and O–H groups in total. The maximum Gasteiger partial charge on any atom is 0.144 e. The highest BCUT2D eigenvalue weighted by Crippen LogP contribution is 2.30. The number of nitrogens with two attached hydrogens (primary N) is 2. The topological polar surface area (TPSA) is 161 Å². The zero-order chi connectivity index (χ0) is 11.4. The zero-order valence-corrected chi connectivity index (χ0v) is 7.34. The highest BCUT2D eigenvalue weighted by Gasteiger charge is 2.15. The molecule has 1 aromatic rings. The Morgan fingerprint density at radius 1 is 1.20 bits per heavy atom. The molecule has 0 atom stereocenters. The van der Waals surface area contributed by atoms with Gasteiger partial charge in [-0.3, -0.25) is 0 Å². The molecule has 0 amide bonds. The smallest absolute Gasteiger partial charge is 0.144 e. The summed E-state index contributed by atoms with van der Waals surface area (Å²) in [7, 11) is 0. The van der Waals surface area contributed by atoms with Gasteiger partial charge in [0.15, 0.2) is 0 Å². The number of azide groups is 1. The number of rotatable bonds is 1. The van der Waals surface area contributed by atoms with Crippen LogP contribution in [0.15, 0.2) is 5.11 Å². The van der Waals surface area contributed by atoms with Crippen molar-refractivity contribution in [3.8, 4) is 12.1 Å². The maximum absolute atomic E-state index is 8.73. The van der Waals surface area contributed by atoms with Crippen molar-refractivity contribution < 1.29 is 0 Å². The number of hydrogen-bond acceptors (Lipinski definition) is 6. The lowest BCUT2D eigenvalue weighted by Gasteiger charge is -2.04. The van der Waals surface area contributed by atoms with Gasteiger partial charge in [0.1, 0.15) is 34.9 Å². The number of hydrogen-bond donors (Lipinski definition) is 2. The van der Waals surface area contributed by atoms with Gasteiger partial charge < -0.3 is 11.5 Å². The van der Waals surface area contributed by atoms with E-state index in [4.69, 9.17) is 27.5 Å². The van der Waals surface area contributed by atoms with Crippen molar-refractivity contribution in [1.29, 1.82) is 10.5 Å². The summed E-state index contributed by atoms with van der Waals surface area (Å²) < 4.78 is 0. The Balaban J connectivity index is 3.77. The van der Waals surface area contributed by atoms with E-state index in [-0.39, 0.29) is 28.5 Å². The van der Waals surface area contributed by atoms with Gasteiger partial charge in [-0.15, -0.1) is 0 Å². The number of aromatic nitrogens is 1. The van der Waals surface area contributed by atoms with Gasteiger partial charge in [-0.2, -0.15) is 10.5 Å². The van der Waals surface area contributed by atoms with E-state index in [1.165, 1.54) is 0 Å². The first-order valence-corrected chi connectivity index (χ1v) is 3.60. The molecule has 0 fully saturated rings. The number of nitrogen functional groups attached to an aromatic ring is 2. The lowest BCUT2D eigenvalue weighted by Crippen LogP contribution is -2.02. The molecule has 0 aliphatic carbocycles. The fourth-order valence-corrected chi connectivity index (χ4v) is 0.974. The van der Waals surface area contributed by atoms with Crippen molar-refractivity contribution >= 4 is 17.3 Å². The predicted molar refractivity (Wildman–Crippen MR) is 51.3 cm³/mol. The Labute approximate surface area is 84.0 Å². The van der Waals surface area contributed by atoms with Crippen LogP contribution in [0.2, 0.25) is 0 Å². The summed E-state index contributed by atoms with van der Waals surface area (Å²) in [5.41, 5.74) is 18.5. The Bertz CT molecular complexity index is 501. The number of pyridine rings is 1. The normalized spacial score (nSPS) is 8.40. The molecule has 0 saturated heterocycles. The quantitative estimate of drug-likeness (QED) is 0.390. The number of nitriles is 2. The van der Waals surface area contributed by atoms with E-state index in [9.17, 15) is 0 Å². The molecule has 1 rings (SSSR count). The molecule has 1 aromatic heterocycles. The van der Waals surface area contributed by atoms with Crippen LogP contribution in [0.4, 0.5) is 17.3 Å². The Morgan fingerprint density at radius 3 is 2.00 bits per heavy atom. The van der Waals surface area contributed by atoms with Crippen molar-refractivity contribution in [2.75, 3.05) is 11.5 Å². The number of anilines is 2. The molecule has 0 spiro atoms. The van der Waals surface area contributed by atoms with Crippen molar-refractivity contribution in [1.82, 2.24) is 4.98 Å². The van der Waals surface area contributed by atoms with Crippen LogP contribution < -0.4 is 11.5 Å².